The number of carbonyl (C=O) groups is 1. The number of esters is 1. The van der Waals surface area contributed by atoms with E-state index in [1.807, 2.05) is 59.1 Å². The van der Waals surface area contributed by atoms with Crippen LogP contribution in [0.15, 0.2) is 46.9 Å². The molecule has 1 atom stereocenters. The van der Waals surface area contributed by atoms with Crippen molar-refractivity contribution in [3.63, 3.8) is 0 Å². The first-order valence-electron chi connectivity index (χ1n) is 9.72. The summed E-state index contributed by atoms with van der Waals surface area (Å²) in [5, 5.41) is 0. The van der Waals surface area contributed by atoms with Gasteiger partial charge in [0.1, 0.15) is 5.52 Å². The van der Waals surface area contributed by atoms with Crippen LogP contribution in [0.4, 0.5) is 0 Å². The quantitative estimate of drug-likeness (QED) is 0.550. The van der Waals surface area contributed by atoms with Crippen LogP contribution in [0.1, 0.15) is 36.7 Å². The lowest BCUT2D eigenvalue weighted by atomic mass is 10.1. The summed E-state index contributed by atoms with van der Waals surface area (Å²) in [6.45, 7) is 9.34. The second-order valence-corrected chi connectivity index (χ2v) is 7.04. The van der Waals surface area contributed by atoms with E-state index in [1.165, 1.54) is 0 Å². The fourth-order valence-corrected chi connectivity index (χ4v) is 2.93. The van der Waals surface area contributed by atoms with Crippen LogP contribution in [0.25, 0.3) is 22.6 Å². The van der Waals surface area contributed by atoms with Gasteiger partial charge in [0.25, 0.3) is 0 Å². The average Bonchev–Trinajstić information content (AvgIpc) is 3.10. The summed E-state index contributed by atoms with van der Waals surface area (Å²) in [6.07, 6.45) is 0. The summed E-state index contributed by atoms with van der Waals surface area (Å²) in [7, 11) is 4.00. The average molecular weight is 383 g/mol. The monoisotopic (exact) mass is 382 g/mol. The number of rotatable bonds is 6. The number of ether oxygens (including phenoxy) is 1. The predicted octanol–water partition coefficient (Wildman–Crippen LogP) is 5.18. The second-order valence-electron chi connectivity index (χ2n) is 7.04. The van der Waals surface area contributed by atoms with E-state index in [2.05, 4.69) is 16.8 Å². The van der Waals surface area contributed by atoms with Crippen LogP contribution in [0.3, 0.4) is 0 Å². The molecular weight excluding hydrogens is 352 g/mol. The van der Waals surface area contributed by atoms with Gasteiger partial charge in [-0.25, -0.2) is 9.78 Å². The number of aryl methyl sites for hydroxylation is 1. The maximum absolute atomic E-state index is 12.3. The molecule has 0 N–H and O–H groups in total. The Morgan fingerprint density at radius 1 is 1.18 bits per heavy atom. The molecule has 0 radical (unpaired) electrons. The van der Waals surface area contributed by atoms with Crippen LogP contribution < -0.4 is 0 Å². The van der Waals surface area contributed by atoms with E-state index in [1.54, 1.807) is 18.2 Å². The highest BCUT2D eigenvalue weighted by Gasteiger charge is 2.14. The molecule has 0 amide bonds. The summed E-state index contributed by atoms with van der Waals surface area (Å²) in [5.41, 5.74) is 3.83. The van der Waals surface area contributed by atoms with Gasteiger partial charge < -0.3 is 14.1 Å². The van der Waals surface area contributed by atoms with Crippen molar-refractivity contribution < 1.29 is 13.9 Å². The molecule has 0 saturated carbocycles. The van der Waals surface area contributed by atoms with Crippen LogP contribution in [-0.2, 0) is 4.74 Å². The number of hydrogen-bond donors (Lipinski definition) is 0. The molecule has 1 heterocycles. The minimum atomic E-state index is -0.342. The fourth-order valence-electron chi connectivity index (χ4n) is 2.93. The third-order valence-corrected chi connectivity index (χ3v) is 4.06. The molecule has 1 aromatic heterocycles. The first-order chi connectivity index (χ1) is 13.4. The highest BCUT2D eigenvalue weighted by atomic mass is 16.5. The summed E-state index contributed by atoms with van der Waals surface area (Å²) < 4.78 is 11.3. The molecule has 0 spiro atoms. The molecule has 3 rings (SSSR count). The molecule has 3 aromatic rings. The molecule has 5 heteroatoms. The zero-order chi connectivity index (χ0) is 20.7. The number of aromatic nitrogens is 1. The van der Waals surface area contributed by atoms with Crippen LogP contribution in [0.2, 0.25) is 0 Å². The van der Waals surface area contributed by atoms with Crippen LogP contribution in [0.5, 0.6) is 0 Å². The van der Waals surface area contributed by atoms with Gasteiger partial charge in [-0.2, -0.15) is 0 Å². The van der Waals surface area contributed by atoms with Crippen molar-refractivity contribution in [1.29, 1.82) is 0 Å². The van der Waals surface area contributed by atoms with Crippen LogP contribution in [0, 0.1) is 12.8 Å². The van der Waals surface area contributed by atoms with E-state index in [-0.39, 0.29) is 11.9 Å². The van der Waals surface area contributed by atoms with Crippen molar-refractivity contribution in [3.8, 4) is 11.5 Å². The molecule has 0 bridgehead atoms. The van der Waals surface area contributed by atoms with Gasteiger partial charge >= 0.3 is 5.97 Å². The minimum Gasteiger partial charge on any atom is -0.462 e. The van der Waals surface area contributed by atoms with E-state index < -0.39 is 0 Å². The normalized spacial score (nSPS) is 11.8. The van der Waals surface area contributed by atoms with Gasteiger partial charge in [0, 0.05) is 18.0 Å². The van der Waals surface area contributed by atoms with Gasteiger partial charge in [0.05, 0.1) is 12.2 Å². The molecule has 2 aromatic carbocycles. The zero-order valence-electron chi connectivity index (χ0n) is 17.7. The van der Waals surface area contributed by atoms with Crippen molar-refractivity contribution in [3.05, 3.63) is 53.6 Å². The first-order valence-corrected chi connectivity index (χ1v) is 9.72. The topological polar surface area (TPSA) is 55.6 Å². The molecule has 0 fully saturated rings. The lowest BCUT2D eigenvalue weighted by Crippen LogP contribution is -2.24. The van der Waals surface area contributed by atoms with Gasteiger partial charge in [-0.3, -0.25) is 0 Å². The Morgan fingerprint density at radius 2 is 1.93 bits per heavy atom. The number of benzene rings is 2. The smallest absolute Gasteiger partial charge is 0.338 e. The Hall–Kier alpha value is -2.66. The number of carbonyl (C=O) groups excluding carboxylic acids is 1. The van der Waals surface area contributed by atoms with Gasteiger partial charge in [-0.15, -0.1) is 0 Å². The summed E-state index contributed by atoms with van der Waals surface area (Å²) in [5.74, 6) is 0.482. The Labute approximate surface area is 167 Å². The van der Waals surface area contributed by atoms with Gasteiger partial charge in [-0.1, -0.05) is 38.5 Å². The Balaban J connectivity index is 0.00000136. The highest BCUT2D eigenvalue weighted by molar-refractivity contribution is 5.93. The second kappa shape index (κ2) is 10.0. The molecular formula is C23H30N2O3. The molecule has 0 aliphatic carbocycles. The first kappa shape index (κ1) is 21.6. The Bertz CT molecular complexity index is 915. The van der Waals surface area contributed by atoms with E-state index in [4.69, 9.17) is 9.15 Å². The van der Waals surface area contributed by atoms with Crippen molar-refractivity contribution >= 4 is 17.1 Å². The Kier molecular flexibility index (Phi) is 7.76. The SMILES string of the molecule is CC.Cc1cccc(-c2nc3ccc(C(=O)OCC(C)CN(C)C)cc3o2)c1. The zero-order valence-corrected chi connectivity index (χ0v) is 17.7. The van der Waals surface area contributed by atoms with Crippen molar-refractivity contribution in [2.75, 3.05) is 27.2 Å². The molecule has 0 saturated heterocycles. The number of fused-ring (bicyclic) bond motifs is 1. The maximum atomic E-state index is 12.3. The number of nitrogens with zero attached hydrogens (tertiary/aromatic N) is 2. The van der Waals surface area contributed by atoms with Crippen molar-refractivity contribution in [1.82, 2.24) is 9.88 Å². The fraction of sp³-hybridized carbons (Fsp3) is 0.391. The van der Waals surface area contributed by atoms with Crippen LogP contribution >= 0.6 is 0 Å². The highest BCUT2D eigenvalue weighted by Crippen LogP contribution is 2.25. The van der Waals surface area contributed by atoms with E-state index in [0.717, 1.165) is 23.2 Å². The van der Waals surface area contributed by atoms with E-state index >= 15 is 0 Å². The van der Waals surface area contributed by atoms with Gasteiger partial charge in [0.2, 0.25) is 5.89 Å². The lowest BCUT2D eigenvalue weighted by Gasteiger charge is -2.16. The number of oxazole rings is 1. The summed E-state index contributed by atoms with van der Waals surface area (Å²) in [6, 6.07) is 13.2. The van der Waals surface area contributed by atoms with Gasteiger partial charge in [-0.05, 0) is 51.4 Å². The molecule has 0 aliphatic heterocycles. The molecule has 5 nitrogen and oxygen atoms in total. The number of hydrogen-bond acceptors (Lipinski definition) is 5. The third kappa shape index (κ3) is 5.67. The lowest BCUT2D eigenvalue weighted by molar-refractivity contribution is 0.0433. The molecule has 0 aliphatic rings. The molecule has 1 unspecified atom stereocenters. The predicted molar refractivity (Wildman–Crippen MR) is 114 cm³/mol. The largest absolute Gasteiger partial charge is 0.462 e. The van der Waals surface area contributed by atoms with E-state index in [0.29, 0.717) is 23.6 Å². The van der Waals surface area contributed by atoms with Crippen LogP contribution in [-0.4, -0.2) is 43.1 Å². The maximum Gasteiger partial charge on any atom is 0.338 e. The summed E-state index contributed by atoms with van der Waals surface area (Å²) >= 11 is 0. The van der Waals surface area contributed by atoms with Crippen molar-refractivity contribution in [2.24, 2.45) is 5.92 Å². The molecule has 150 valence electrons. The minimum absolute atomic E-state index is 0.274. The van der Waals surface area contributed by atoms with Gasteiger partial charge in [0.15, 0.2) is 5.58 Å². The Morgan fingerprint density at radius 3 is 2.61 bits per heavy atom. The van der Waals surface area contributed by atoms with Crippen molar-refractivity contribution in [2.45, 2.75) is 27.7 Å². The molecule has 28 heavy (non-hydrogen) atoms. The summed E-state index contributed by atoms with van der Waals surface area (Å²) in [4.78, 5) is 18.9. The van der Waals surface area contributed by atoms with E-state index in [9.17, 15) is 4.79 Å². The standard InChI is InChI=1S/C21H24N2O3.C2H6/c1-14-6-5-7-16(10-14)20-22-18-9-8-17(11-19(18)26-20)21(24)25-13-15(2)12-23(3)4;1-2/h5-11,15H,12-13H2,1-4H3;1-2H3. The third-order valence-electron chi connectivity index (χ3n) is 4.06.